The monoisotopic (exact) mass is 225 g/mol. The van der Waals surface area contributed by atoms with Gasteiger partial charge >= 0.3 is 0 Å². The summed E-state index contributed by atoms with van der Waals surface area (Å²) in [7, 11) is 1.72. The molecule has 2 rings (SSSR count). The van der Waals surface area contributed by atoms with Crippen LogP contribution in [0.5, 0.6) is 0 Å². The molecule has 16 heavy (non-hydrogen) atoms. The van der Waals surface area contributed by atoms with Crippen molar-refractivity contribution in [3.05, 3.63) is 0 Å². The number of amides is 1. The van der Waals surface area contributed by atoms with Crippen LogP contribution in [0.2, 0.25) is 0 Å². The Bertz CT molecular complexity index is 253. The first kappa shape index (κ1) is 11.9. The van der Waals surface area contributed by atoms with Gasteiger partial charge in [0.25, 0.3) is 0 Å². The predicted octanol–water partition coefficient (Wildman–Crippen LogP) is 0.195. The van der Waals surface area contributed by atoms with E-state index in [-0.39, 0.29) is 11.9 Å². The van der Waals surface area contributed by atoms with Crippen molar-refractivity contribution in [3.63, 3.8) is 0 Å². The fourth-order valence-corrected chi connectivity index (χ4v) is 2.63. The number of piperazine rings is 1. The quantitative estimate of drug-likeness (QED) is 0.718. The molecule has 1 saturated carbocycles. The van der Waals surface area contributed by atoms with Crippen molar-refractivity contribution in [2.75, 3.05) is 26.7 Å². The molecule has 4 heteroatoms. The van der Waals surface area contributed by atoms with Crippen molar-refractivity contribution in [1.82, 2.24) is 15.5 Å². The Morgan fingerprint density at radius 1 is 1.56 bits per heavy atom. The predicted molar refractivity (Wildman–Crippen MR) is 64.2 cm³/mol. The molecule has 1 saturated heterocycles. The third-order valence-electron chi connectivity index (χ3n) is 3.77. The SMILES string of the molecule is CNC(=O)C1CNCCN1C(C)CC1CC1. The largest absolute Gasteiger partial charge is 0.358 e. The Labute approximate surface area is 97.8 Å². The van der Waals surface area contributed by atoms with Crippen LogP contribution in [0, 0.1) is 5.92 Å². The zero-order valence-corrected chi connectivity index (χ0v) is 10.3. The van der Waals surface area contributed by atoms with E-state index in [2.05, 4.69) is 22.5 Å². The summed E-state index contributed by atoms with van der Waals surface area (Å²) < 4.78 is 0. The van der Waals surface area contributed by atoms with Crippen molar-refractivity contribution in [3.8, 4) is 0 Å². The molecule has 2 fully saturated rings. The average Bonchev–Trinajstić information content (AvgIpc) is 3.12. The van der Waals surface area contributed by atoms with Gasteiger partial charge in [0.1, 0.15) is 6.04 Å². The van der Waals surface area contributed by atoms with E-state index < -0.39 is 0 Å². The number of nitrogens with zero attached hydrogens (tertiary/aromatic N) is 1. The molecule has 0 radical (unpaired) electrons. The molecule has 0 aromatic heterocycles. The maximum atomic E-state index is 11.8. The number of likely N-dealkylation sites (N-methyl/N-ethyl adjacent to an activating group) is 1. The molecule has 1 amide bonds. The van der Waals surface area contributed by atoms with Crippen molar-refractivity contribution < 1.29 is 4.79 Å². The van der Waals surface area contributed by atoms with Crippen LogP contribution in [-0.4, -0.2) is 49.6 Å². The van der Waals surface area contributed by atoms with E-state index in [9.17, 15) is 4.79 Å². The third-order valence-corrected chi connectivity index (χ3v) is 3.77. The lowest BCUT2D eigenvalue weighted by atomic mass is 10.1. The van der Waals surface area contributed by atoms with Crippen LogP contribution in [0.25, 0.3) is 0 Å². The maximum Gasteiger partial charge on any atom is 0.238 e. The highest BCUT2D eigenvalue weighted by atomic mass is 16.2. The lowest BCUT2D eigenvalue weighted by Gasteiger charge is -2.39. The highest BCUT2D eigenvalue weighted by Gasteiger charge is 2.33. The smallest absolute Gasteiger partial charge is 0.238 e. The van der Waals surface area contributed by atoms with E-state index in [4.69, 9.17) is 0 Å². The van der Waals surface area contributed by atoms with Gasteiger partial charge in [-0.15, -0.1) is 0 Å². The molecule has 0 bridgehead atoms. The topological polar surface area (TPSA) is 44.4 Å². The van der Waals surface area contributed by atoms with E-state index in [1.54, 1.807) is 7.05 Å². The maximum absolute atomic E-state index is 11.8. The number of carbonyl (C=O) groups is 1. The number of nitrogens with one attached hydrogen (secondary N) is 2. The number of hydrogen-bond donors (Lipinski definition) is 2. The molecule has 92 valence electrons. The van der Waals surface area contributed by atoms with Crippen LogP contribution in [0.15, 0.2) is 0 Å². The van der Waals surface area contributed by atoms with Crippen LogP contribution >= 0.6 is 0 Å². The van der Waals surface area contributed by atoms with Gasteiger partial charge in [-0.1, -0.05) is 12.8 Å². The van der Waals surface area contributed by atoms with Crippen LogP contribution in [0.1, 0.15) is 26.2 Å². The first-order valence-corrected chi connectivity index (χ1v) is 6.40. The molecule has 4 nitrogen and oxygen atoms in total. The van der Waals surface area contributed by atoms with Gasteiger partial charge in [-0.3, -0.25) is 9.69 Å². The fourth-order valence-electron chi connectivity index (χ4n) is 2.63. The Morgan fingerprint density at radius 3 is 2.94 bits per heavy atom. The summed E-state index contributed by atoms with van der Waals surface area (Å²) in [6.45, 7) is 5.04. The number of hydrogen-bond acceptors (Lipinski definition) is 3. The van der Waals surface area contributed by atoms with Crippen LogP contribution in [0.3, 0.4) is 0 Å². The molecule has 0 aromatic rings. The zero-order chi connectivity index (χ0) is 11.5. The van der Waals surface area contributed by atoms with E-state index >= 15 is 0 Å². The average molecular weight is 225 g/mol. The molecule has 0 spiro atoms. The molecule has 1 heterocycles. The molecule has 1 aliphatic carbocycles. The second-order valence-corrected chi connectivity index (χ2v) is 5.10. The summed E-state index contributed by atoms with van der Waals surface area (Å²) in [6, 6.07) is 0.560. The van der Waals surface area contributed by atoms with Gasteiger partial charge in [-0.05, 0) is 19.3 Å². The molecular formula is C12H23N3O. The van der Waals surface area contributed by atoms with Gasteiger partial charge in [-0.2, -0.15) is 0 Å². The lowest BCUT2D eigenvalue weighted by Crippen LogP contribution is -2.59. The highest BCUT2D eigenvalue weighted by molar-refractivity contribution is 5.81. The summed E-state index contributed by atoms with van der Waals surface area (Å²) in [4.78, 5) is 14.2. The summed E-state index contributed by atoms with van der Waals surface area (Å²) in [6.07, 6.45) is 4.04. The van der Waals surface area contributed by atoms with E-state index in [0.717, 1.165) is 25.6 Å². The van der Waals surface area contributed by atoms with E-state index in [0.29, 0.717) is 6.04 Å². The highest BCUT2D eigenvalue weighted by Crippen LogP contribution is 2.35. The lowest BCUT2D eigenvalue weighted by molar-refractivity contribution is -0.127. The van der Waals surface area contributed by atoms with Gasteiger partial charge in [0.15, 0.2) is 0 Å². The summed E-state index contributed by atoms with van der Waals surface area (Å²) in [5.74, 6) is 1.07. The van der Waals surface area contributed by atoms with Gasteiger partial charge in [0.2, 0.25) is 5.91 Å². The van der Waals surface area contributed by atoms with E-state index in [1.165, 1.54) is 19.3 Å². The number of rotatable bonds is 4. The summed E-state index contributed by atoms with van der Waals surface area (Å²) in [5.41, 5.74) is 0. The standard InChI is InChI=1S/C12H23N3O/c1-9(7-10-3-4-10)15-6-5-14-8-11(15)12(16)13-2/h9-11,14H,3-8H2,1-2H3,(H,13,16). The molecule has 2 unspecified atom stereocenters. The Morgan fingerprint density at radius 2 is 2.31 bits per heavy atom. The minimum absolute atomic E-state index is 0.0208. The normalized spacial score (nSPS) is 28.8. The van der Waals surface area contributed by atoms with Gasteiger partial charge in [-0.25, -0.2) is 0 Å². The van der Waals surface area contributed by atoms with Crippen molar-refractivity contribution >= 4 is 5.91 Å². The van der Waals surface area contributed by atoms with Gasteiger partial charge < -0.3 is 10.6 Å². The minimum Gasteiger partial charge on any atom is -0.358 e. The molecule has 2 atom stereocenters. The van der Waals surface area contributed by atoms with Crippen LogP contribution < -0.4 is 10.6 Å². The van der Waals surface area contributed by atoms with Gasteiger partial charge in [0.05, 0.1) is 0 Å². The Balaban J connectivity index is 1.94. The first-order valence-electron chi connectivity index (χ1n) is 6.40. The fraction of sp³-hybridized carbons (Fsp3) is 0.917. The summed E-state index contributed by atoms with van der Waals surface area (Å²) in [5, 5.41) is 6.07. The number of carbonyl (C=O) groups excluding carboxylic acids is 1. The zero-order valence-electron chi connectivity index (χ0n) is 10.3. The second kappa shape index (κ2) is 5.15. The molecule has 2 aliphatic rings. The van der Waals surface area contributed by atoms with Crippen molar-refractivity contribution in [1.29, 1.82) is 0 Å². The molecule has 0 aromatic carbocycles. The summed E-state index contributed by atoms with van der Waals surface area (Å²) >= 11 is 0. The van der Waals surface area contributed by atoms with Crippen LogP contribution in [-0.2, 0) is 4.79 Å². The van der Waals surface area contributed by atoms with Crippen molar-refractivity contribution in [2.24, 2.45) is 5.92 Å². The van der Waals surface area contributed by atoms with Crippen LogP contribution in [0.4, 0.5) is 0 Å². The first-order chi connectivity index (χ1) is 7.72. The second-order valence-electron chi connectivity index (χ2n) is 5.10. The molecule has 2 N–H and O–H groups in total. The third kappa shape index (κ3) is 2.74. The van der Waals surface area contributed by atoms with E-state index in [1.807, 2.05) is 0 Å². The minimum atomic E-state index is 0.0208. The Kier molecular flexibility index (Phi) is 3.82. The molecule has 1 aliphatic heterocycles. The van der Waals surface area contributed by atoms with Gasteiger partial charge in [0, 0.05) is 32.7 Å². The Hall–Kier alpha value is -0.610. The molecular weight excluding hydrogens is 202 g/mol. The van der Waals surface area contributed by atoms with Crippen molar-refractivity contribution in [2.45, 2.75) is 38.3 Å².